The van der Waals surface area contributed by atoms with Gasteiger partial charge < -0.3 is 20.1 Å². The number of carbonyl (C=O) groups is 2. The molecule has 6 heteroatoms. The van der Waals surface area contributed by atoms with Gasteiger partial charge in [0.25, 0.3) is 0 Å². The van der Waals surface area contributed by atoms with Crippen LogP contribution in [0, 0.1) is 5.92 Å². The minimum atomic E-state index is -0.840. The highest BCUT2D eigenvalue weighted by molar-refractivity contribution is 5.74. The number of piperidine rings is 1. The third-order valence-corrected chi connectivity index (χ3v) is 3.64. The van der Waals surface area contributed by atoms with Crippen molar-refractivity contribution in [2.24, 2.45) is 5.92 Å². The maximum absolute atomic E-state index is 12.0. The summed E-state index contributed by atoms with van der Waals surface area (Å²) < 4.78 is 5.37. The lowest BCUT2D eigenvalue weighted by atomic mass is 9.96. The zero-order valence-electron chi connectivity index (χ0n) is 11.9. The van der Waals surface area contributed by atoms with Crippen LogP contribution in [-0.4, -0.2) is 54.4 Å². The van der Waals surface area contributed by atoms with Gasteiger partial charge in [-0.05, 0) is 25.7 Å². The van der Waals surface area contributed by atoms with Crippen molar-refractivity contribution in [2.75, 3.05) is 20.2 Å². The van der Waals surface area contributed by atoms with Crippen molar-refractivity contribution in [2.45, 2.75) is 45.3 Å². The number of urea groups is 1. The van der Waals surface area contributed by atoms with Crippen LogP contribution in [0.5, 0.6) is 0 Å². The molecule has 1 heterocycles. The van der Waals surface area contributed by atoms with E-state index in [4.69, 9.17) is 9.84 Å². The molecule has 0 bridgehead atoms. The molecule has 2 N–H and O–H groups in total. The highest BCUT2D eigenvalue weighted by atomic mass is 16.5. The minimum absolute atomic E-state index is 0.0686. The second-order valence-electron chi connectivity index (χ2n) is 5.27. The molecule has 0 aromatic carbocycles. The maximum atomic E-state index is 12.0. The molecule has 6 nitrogen and oxygen atoms in total. The summed E-state index contributed by atoms with van der Waals surface area (Å²) >= 11 is 0. The van der Waals surface area contributed by atoms with Crippen LogP contribution in [0.25, 0.3) is 0 Å². The second-order valence-corrected chi connectivity index (χ2v) is 5.27. The number of carbonyl (C=O) groups excluding carboxylic acids is 1. The second kappa shape index (κ2) is 7.33. The number of ether oxygens (including phenoxy) is 1. The molecule has 0 spiro atoms. The van der Waals surface area contributed by atoms with Gasteiger partial charge in [0.2, 0.25) is 0 Å². The molecular formula is C13H24N2O4. The molecule has 0 saturated carbocycles. The van der Waals surface area contributed by atoms with Gasteiger partial charge in [-0.15, -0.1) is 0 Å². The molecule has 0 aromatic rings. The summed E-state index contributed by atoms with van der Waals surface area (Å²) in [5.74, 6) is -0.383. The largest absolute Gasteiger partial charge is 0.481 e. The number of carboxylic acid groups (broad SMARTS) is 1. The number of methoxy groups -OCH3 is 1. The fourth-order valence-corrected chi connectivity index (χ4v) is 2.24. The Hall–Kier alpha value is -1.30. The van der Waals surface area contributed by atoms with Crippen molar-refractivity contribution >= 4 is 12.0 Å². The van der Waals surface area contributed by atoms with Crippen LogP contribution < -0.4 is 5.32 Å². The van der Waals surface area contributed by atoms with Gasteiger partial charge in [0.15, 0.2) is 0 Å². The Labute approximate surface area is 114 Å². The average molecular weight is 272 g/mol. The standard InChI is InChI=1S/C13H24N2O4/c1-9-6-7-15(8-11(9)19-3)13(18)14-10(2)4-5-12(16)17/h9-11H,4-8H2,1-3H3,(H,14,18)(H,16,17). The summed E-state index contributed by atoms with van der Waals surface area (Å²) in [6, 6.07) is -0.268. The minimum Gasteiger partial charge on any atom is -0.481 e. The Morgan fingerprint density at radius 3 is 2.79 bits per heavy atom. The van der Waals surface area contributed by atoms with E-state index >= 15 is 0 Å². The number of hydrogen-bond acceptors (Lipinski definition) is 3. The van der Waals surface area contributed by atoms with Crippen molar-refractivity contribution in [1.82, 2.24) is 10.2 Å². The first-order chi connectivity index (χ1) is 8.93. The van der Waals surface area contributed by atoms with E-state index in [1.165, 1.54) is 0 Å². The molecule has 1 saturated heterocycles. The fraction of sp³-hybridized carbons (Fsp3) is 0.846. The molecular weight excluding hydrogens is 248 g/mol. The van der Waals surface area contributed by atoms with Gasteiger partial charge in [-0.1, -0.05) is 6.92 Å². The normalized spacial score (nSPS) is 24.9. The number of carboxylic acids is 1. The van der Waals surface area contributed by atoms with Crippen LogP contribution in [0.2, 0.25) is 0 Å². The average Bonchev–Trinajstić information content (AvgIpc) is 2.36. The van der Waals surface area contributed by atoms with Crippen molar-refractivity contribution in [3.05, 3.63) is 0 Å². The van der Waals surface area contributed by atoms with Gasteiger partial charge in [-0.3, -0.25) is 4.79 Å². The van der Waals surface area contributed by atoms with Gasteiger partial charge in [-0.2, -0.15) is 0 Å². The van der Waals surface area contributed by atoms with Crippen LogP contribution in [0.4, 0.5) is 4.79 Å². The highest BCUT2D eigenvalue weighted by Gasteiger charge is 2.29. The van der Waals surface area contributed by atoms with Crippen LogP contribution in [0.1, 0.15) is 33.1 Å². The number of nitrogens with zero attached hydrogens (tertiary/aromatic N) is 1. The third-order valence-electron chi connectivity index (χ3n) is 3.64. The van der Waals surface area contributed by atoms with Gasteiger partial charge in [-0.25, -0.2) is 4.79 Å². The van der Waals surface area contributed by atoms with E-state index in [1.54, 1.807) is 12.0 Å². The van der Waals surface area contributed by atoms with E-state index in [9.17, 15) is 9.59 Å². The van der Waals surface area contributed by atoms with E-state index in [-0.39, 0.29) is 24.6 Å². The molecule has 0 aromatic heterocycles. The quantitative estimate of drug-likeness (QED) is 0.791. The molecule has 2 amide bonds. The Morgan fingerprint density at radius 2 is 2.21 bits per heavy atom. The first-order valence-electron chi connectivity index (χ1n) is 6.74. The maximum Gasteiger partial charge on any atom is 0.317 e. The molecule has 110 valence electrons. The van der Waals surface area contributed by atoms with E-state index < -0.39 is 5.97 Å². The van der Waals surface area contributed by atoms with Crippen molar-refractivity contribution in [3.8, 4) is 0 Å². The number of rotatable bonds is 5. The van der Waals surface area contributed by atoms with Crippen molar-refractivity contribution in [1.29, 1.82) is 0 Å². The van der Waals surface area contributed by atoms with Gasteiger partial charge in [0, 0.05) is 32.7 Å². The Balaban J connectivity index is 2.38. The summed E-state index contributed by atoms with van der Waals surface area (Å²) in [5.41, 5.74) is 0. The Bertz CT molecular complexity index is 322. The third kappa shape index (κ3) is 5.06. The molecule has 1 fully saturated rings. The predicted octanol–water partition coefficient (Wildman–Crippen LogP) is 1.31. The SMILES string of the molecule is COC1CN(C(=O)NC(C)CCC(=O)O)CCC1C. The van der Waals surface area contributed by atoms with E-state index in [0.29, 0.717) is 18.9 Å². The van der Waals surface area contributed by atoms with Crippen molar-refractivity contribution < 1.29 is 19.4 Å². The monoisotopic (exact) mass is 272 g/mol. The van der Waals surface area contributed by atoms with Gasteiger partial charge in [0.1, 0.15) is 0 Å². The summed E-state index contributed by atoms with van der Waals surface area (Å²) in [4.78, 5) is 24.2. The Kier molecular flexibility index (Phi) is 6.08. The van der Waals surface area contributed by atoms with Crippen LogP contribution in [0.15, 0.2) is 0 Å². The number of hydrogen-bond donors (Lipinski definition) is 2. The van der Waals surface area contributed by atoms with E-state index in [2.05, 4.69) is 12.2 Å². The summed E-state index contributed by atoms with van der Waals surface area (Å²) in [7, 11) is 1.66. The number of amides is 2. The molecule has 1 aliphatic rings. The molecule has 3 unspecified atom stereocenters. The van der Waals surface area contributed by atoms with E-state index in [0.717, 1.165) is 13.0 Å². The molecule has 3 atom stereocenters. The zero-order valence-corrected chi connectivity index (χ0v) is 11.9. The summed E-state index contributed by atoms with van der Waals surface area (Å²) in [6.07, 6.45) is 1.52. The lowest BCUT2D eigenvalue weighted by Gasteiger charge is -2.36. The topological polar surface area (TPSA) is 78.9 Å². The van der Waals surface area contributed by atoms with Crippen LogP contribution in [0.3, 0.4) is 0 Å². The number of nitrogens with one attached hydrogen (secondary N) is 1. The molecule has 1 rings (SSSR count). The summed E-state index contributed by atoms with van der Waals surface area (Å²) in [6.45, 7) is 5.26. The lowest BCUT2D eigenvalue weighted by Crippen LogP contribution is -2.51. The van der Waals surface area contributed by atoms with Crippen molar-refractivity contribution in [3.63, 3.8) is 0 Å². The Morgan fingerprint density at radius 1 is 1.53 bits per heavy atom. The molecule has 19 heavy (non-hydrogen) atoms. The summed E-state index contributed by atoms with van der Waals surface area (Å²) in [5, 5.41) is 11.4. The first-order valence-corrected chi connectivity index (χ1v) is 6.74. The fourth-order valence-electron chi connectivity index (χ4n) is 2.24. The van der Waals surface area contributed by atoms with Crippen LogP contribution >= 0.6 is 0 Å². The zero-order chi connectivity index (χ0) is 14.4. The number of likely N-dealkylation sites (tertiary alicyclic amines) is 1. The predicted molar refractivity (Wildman–Crippen MR) is 71.0 cm³/mol. The smallest absolute Gasteiger partial charge is 0.317 e. The first kappa shape index (κ1) is 15.8. The van der Waals surface area contributed by atoms with E-state index in [1.807, 2.05) is 6.92 Å². The van der Waals surface area contributed by atoms with Crippen LogP contribution in [-0.2, 0) is 9.53 Å². The van der Waals surface area contributed by atoms with Gasteiger partial charge in [0.05, 0.1) is 6.10 Å². The lowest BCUT2D eigenvalue weighted by molar-refractivity contribution is -0.137. The molecule has 1 aliphatic heterocycles. The van der Waals surface area contributed by atoms with Gasteiger partial charge >= 0.3 is 12.0 Å². The number of aliphatic carboxylic acids is 1. The molecule has 0 radical (unpaired) electrons. The molecule has 0 aliphatic carbocycles. The highest BCUT2D eigenvalue weighted by Crippen LogP contribution is 2.19.